The fourth-order valence-electron chi connectivity index (χ4n) is 3.69. The minimum atomic E-state index is -3.29. The van der Waals surface area contributed by atoms with Gasteiger partial charge in [-0.05, 0) is 43.9 Å². The summed E-state index contributed by atoms with van der Waals surface area (Å²) < 4.78 is 28.6. The zero-order valence-electron chi connectivity index (χ0n) is 13.9. The Morgan fingerprint density at radius 2 is 1.72 bits per heavy atom. The molecule has 4 rings (SSSR count). The van der Waals surface area contributed by atoms with E-state index < -0.39 is 10.2 Å². The quantitative estimate of drug-likeness (QED) is 0.821. The van der Waals surface area contributed by atoms with Gasteiger partial charge >= 0.3 is 0 Å². The SMILES string of the molecule is O=S(=O)(N1CCCC1)N1CCC(c2ccc3cc(Cl)cnc3n2)CC1. The maximum absolute atomic E-state index is 12.7. The molecule has 6 nitrogen and oxygen atoms in total. The maximum Gasteiger partial charge on any atom is 0.281 e. The predicted octanol–water partition coefficient (Wildman–Crippen LogP) is 2.80. The van der Waals surface area contributed by atoms with Crippen molar-refractivity contribution < 1.29 is 8.42 Å². The average Bonchev–Trinajstić information content (AvgIpc) is 3.17. The van der Waals surface area contributed by atoms with Crippen LogP contribution in [0.25, 0.3) is 11.0 Å². The molecule has 2 aliphatic rings. The number of halogens is 1. The van der Waals surface area contributed by atoms with Gasteiger partial charge in [-0.3, -0.25) is 0 Å². The minimum absolute atomic E-state index is 0.270. The first-order valence-corrected chi connectivity index (χ1v) is 10.5. The monoisotopic (exact) mass is 380 g/mol. The van der Waals surface area contributed by atoms with Crippen molar-refractivity contribution in [3.63, 3.8) is 0 Å². The van der Waals surface area contributed by atoms with Crippen LogP contribution in [0.3, 0.4) is 0 Å². The summed E-state index contributed by atoms with van der Waals surface area (Å²) in [6, 6.07) is 5.85. The van der Waals surface area contributed by atoms with Crippen LogP contribution >= 0.6 is 11.6 Å². The van der Waals surface area contributed by atoms with E-state index in [1.165, 1.54) is 0 Å². The second-order valence-electron chi connectivity index (χ2n) is 6.72. The van der Waals surface area contributed by atoms with Crippen molar-refractivity contribution in [3.8, 4) is 0 Å². The summed E-state index contributed by atoms with van der Waals surface area (Å²) >= 11 is 5.96. The Hall–Kier alpha value is -1.28. The molecular weight excluding hydrogens is 360 g/mol. The van der Waals surface area contributed by atoms with Crippen LogP contribution in [0.1, 0.15) is 37.3 Å². The van der Waals surface area contributed by atoms with Crippen molar-refractivity contribution in [2.45, 2.75) is 31.6 Å². The maximum atomic E-state index is 12.7. The number of nitrogens with zero attached hydrogens (tertiary/aromatic N) is 4. The van der Waals surface area contributed by atoms with E-state index in [9.17, 15) is 8.42 Å². The fourth-order valence-corrected chi connectivity index (χ4v) is 5.58. The molecule has 2 aromatic rings. The van der Waals surface area contributed by atoms with Crippen molar-refractivity contribution in [1.29, 1.82) is 0 Å². The number of hydrogen-bond donors (Lipinski definition) is 0. The number of rotatable bonds is 3. The van der Waals surface area contributed by atoms with Gasteiger partial charge in [0, 0.05) is 49.4 Å². The van der Waals surface area contributed by atoms with Crippen LogP contribution in [0.15, 0.2) is 24.4 Å². The second-order valence-corrected chi connectivity index (χ2v) is 9.09. The molecule has 0 aromatic carbocycles. The van der Waals surface area contributed by atoms with Gasteiger partial charge in [0.1, 0.15) is 0 Å². The molecule has 4 heterocycles. The van der Waals surface area contributed by atoms with Gasteiger partial charge in [-0.2, -0.15) is 17.0 Å². The Balaban J connectivity index is 1.47. The van der Waals surface area contributed by atoms with Crippen LogP contribution in [0.5, 0.6) is 0 Å². The van der Waals surface area contributed by atoms with Crippen molar-refractivity contribution in [3.05, 3.63) is 35.1 Å². The highest BCUT2D eigenvalue weighted by atomic mass is 35.5. The van der Waals surface area contributed by atoms with Crippen LogP contribution in [-0.4, -0.2) is 53.2 Å². The molecule has 2 aliphatic heterocycles. The molecule has 0 bridgehead atoms. The van der Waals surface area contributed by atoms with Gasteiger partial charge in [-0.1, -0.05) is 11.6 Å². The number of fused-ring (bicyclic) bond motifs is 1. The van der Waals surface area contributed by atoms with Crippen molar-refractivity contribution >= 4 is 32.8 Å². The number of pyridine rings is 2. The van der Waals surface area contributed by atoms with E-state index in [1.54, 1.807) is 14.8 Å². The van der Waals surface area contributed by atoms with E-state index in [1.807, 2.05) is 18.2 Å². The summed E-state index contributed by atoms with van der Waals surface area (Å²) in [4.78, 5) is 8.94. The zero-order valence-corrected chi connectivity index (χ0v) is 15.5. The largest absolute Gasteiger partial charge is 0.281 e. The molecule has 2 fully saturated rings. The molecule has 134 valence electrons. The van der Waals surface area contributed by atoms with Crippen LogP contribution < -0.4 is 0 Å². The van der Waals surface area contributed by atoms with Crippen LogP contribution in [-0.2, 0) is 10.2 Å². The number of aromatic nitrogens is 2. The van der Waals surface area contributed by atoms with Crippen molar-refractivity contribution in [1.82, 2.24) is 18.6 Å². The Kier molecular flexibility index (Phi) is 4.66. The molecule has 8 heteroatoms. The summed E-state index contributed by atoms with van der Waals surface area (Å²) in [5.41, 5.74) is 1.68. The summed E-state index contributed by atoms with van der Waals surface area (Å²) in [5.74, 6) is 0.270. The third-order valence-corrected chi connectivity index (χ3v) is 7.36. The second kappa shape index (κ2) is 6.79. The Bertz CT molecular complexity index is 875. The summed E-state index contributed by atoms with van der Waals surface area (Å²) in [7, 11) is -3.29. The molecular formula is C17H21ClN4O2S. The molecule has 0 radical (unpaired) electrons. The lowest BCUT2D eigenvalue weighted by atomic mass is 9.94. The lowest BCUT2D eigenvalue weighted by Crippen LogP contribution is -2.45. The fraction of sp³-hybridized carbons (Fsp3) is 0.529. The van der Waals surface area contributed by atoms with Gasteiger partial charge < -0.3 is 0 Å². The van der Waals surface area contributed by atoms with Gasteiger partial charge in [0.25, 0.3) is 10.2 Å². The standard InChI is InChI=1S/C17H21ClN4O2S/c18-15-11-14-3-4-16(20-17(14)19-12-15)13-5-9-22(10-6-13)25(23,24)21-7-1-2-8-21/h3-4,11-13H,1-2,5-10H2. The molecule has 2 saturated heterocycles. The first-order chi connectivity index (χ1) is 12.0. The lowest BCUT2D eigenvalue weighted by molar-refractivity contribution is 0.294. The molecule has 0 unspecified atom stereocenters. The van der Waals surface area contributed by atoms with Crippen LogP contribution in [0.2, 0.25) is 5.02 Å². The van der Waals surface area contributed by atoms with Crippen molar-refractivity contribution in [2.75, 3.05) is 26.2 Å². The van der Waals surface area contributed by atoms with E-state index >= 15 is 0 Å². The van der Waals surface area contributed by atoms with Crippen LogP contribution in [0, 0.1) is 0 Å². The molecule has 0 saturated carbocycles. The van der Waals surface area contributed by atoms with Crippen LogP contribution in [0.4, 0.5) is 0 Å². The summed E-state index contributed by atoms with van der Waals surface area (Å²) in [6.45, 7) is 2.42. The average molecular weight is 381 g/mol. The van der Waals surface area contributed by atoms with E-state index in [2.05, 4.69) is 9.97 Å². The highest BCUT2D eigenvalue weighted by Crippen LogP contribution is 2.30. The van der Waals surface area contributed by atoms with Gasteiger partial charge in [0.2, 0.25) is 0 Å². The first kappa shape index (κ1) is 17.1. The Morgan fingerprint density at radius 1 is 1.04 bits per heavy atom. The van der Waals surface area contributed by atoms with E-state index in [-0.39, 0.29) is 5.92 Å². The topological polar surface area (TPSA) is 66.4 Å². The Labute approximate surface area is 153 Å². The van der Waals surface area contributed by atoms with E-state index in [4.69, 9.17) is 11.6 Å². The van der Waals surface area contributed by atoms with Gasteiger partial charge in [0.05, 0.1) is 5.02 Å². The first-order valence-electron chi connectivity index (χ1n) is 8.71. The van der Waals surface area contributed by atoms with Gasteiger partial charge in [0.15, 0.2) is 5.65 Å². The molecule has 2 aromatic heterocycles. The smallest absolute Gasteiger partial charge is 0.235 e. The van der Waals surface area contributed by atoms with Gasteiger partial charge in [-0.25, -0.2) is 9.97 Å². The molecule has 0 atom stereocenters. The van der Waals surface area contributed by atoms with Gasteiger partial charge in [-0.15, -0.1) is 0 Å². The summed E-state index contributed by atoms with van der Waals surface area (Å²) in [6.07, 6.45) is 5.12. The molecule has 25 heavy (non-hydrogen) atoms. The molecule has 0 spiro atoms. The van der Waals surface area contributed by atoms with Crippen molar-refractivity contribution in [2.24, 2.45) is 0 Å². The third-order valence-electron chi connectivity index (χ3n) is 5.12. The number of piperidine rings is 1. The minimum Gasteiger partial charge on any atom is -0.235 e. The third kappa shape index (κ3) is 3.38. The molecule has 0 amide bonds. The number of hydrogen-bond acceptors (Lipinski definition) is 4. The van der Waals surface area contributed by atoms with E-state index in [0.717, 1.165) is 36.8 Å². The molecule has 0 N–H and O–H groups in total. The predicted molar refractivity (Wildman–Crippen MR) is 97.8 cm³/mol. The summed E-state index contributed by atoms with van der Waals surface area (Å²) in [5, 5.41) is 1.52. The Morgan fingerprint density at radius 3 is 2.44 bits per heavy atom. The van der Waals surface area contributed by atoms with E-state index in [0.29, 0.717) is 36.8 Å². The highest BCUT2D eigenvalue weighted by Gasteiger charge is 2.34. The molecule has 0 aliphatic carbocycles. The zero-order chi connectivity index (χ0) is 17.4. The lowest BCUT2D eigenvalue weighted by Gasteiger charge is -2.33. The highest BCUT2D eigenvalue weighted by molar-refractivity contribution is 7.86. The normalized spacial score (nSPS) is 21.2.